The molecule has 1 saturated heterocycles. The van der Waals surface area contributed by atoms with Crippen molar-refractivity contribution in [3.8, 4) is 0 Å². The third-order valence-corrected chi connectivity index (χ3v) is 4.65. The molecule has 3 heterocycles. The molecular weight excluding hydrogens is 408 g/mol. The van der Waals surface area contributed by atoms with E-state index in [2.05, 4.69) is 25.6 Å². The highest BCUT2D eigenvalue weighted by Crippen LogP contribution is 2.31. The molecule has 5 N–H and O–H groups in total. The molecule has 4 atom stereocenters. The number of aliphatic hydroxyl groups excluding tert-OH is 3. The van der Waals surface area contributed by atoms with Gasteiger partial charge in [0.25, 0.3) is 0 Å². The van der Waals surface area contributed by atoms with Crippen molar-refractivity contribution in [2.75, 3.05) is 38.2 Å². The second-order valence-electron chi connectivity index (χ2n) is 7.33. The molecule has 0 spiro atoms. The maximum Gasteiger partial charge on any atom is 0.243 e. The third-order valence-electron chi connectivity index (χ3n) is 4.65. The Kier molecular flexibility index (Phi) is 7.87. The molecule has 1 fully saturated rings. The van der Waals surface area contributed by atoms with E-state index in [1.807, 2.05) is 13.8 Å². The lowest BCUT2D eigenvalue weighted by molar-refractivity contribution is -0.116. The van der Waals surface area contributed by atoms with Crippen LogP contribution in [0.4, 0.5) is 5.82 Å². The van der Waals surface area contributed by atoms with Crippen LogP contribution < -0.4 is 10.6 Å². The molecule has 170 valence electrons. The van der Waals surface area contributed by atoms with E-state index >= 15 is 0 Å². The summed E-state index contributed by atoms with van der Waals surface area (Å²) in [5.74, 6) is 0.339. The van der Waals surface area contributed by atoms with Gasteiger partial charge in [-0.15, -0.1) is 0 Å². The van der Waals surface area contributed by atoms with Gasteiger partial charge < -0.3 is 35.4 Å². The first-order valence-corrected chi connectivity index (χ1v) is 9.96. The summed E-state index contributed by atoms with van der Waals surface area (Å²) in [6.07, 6.45) is 0.0646. The SMILES string of the molecule is CC(C)=CC(=O)NCCOCCNc1ncnc2c1ncn2[C@@H]1O[C@H](CO)[C@@H](O)[C@H]1O. The smallest absolute Gasteiger partial charge is 0.243 e. The van der Waals surface area contributed by atoms with Gasteiger partial charge in [0.2, 0.25) is 5.91 Å². The van der Waals surface area contributed by atoms with E-state index in [9.17, 15) is 20.1 Å². The zero-order chi connectivity index (χ0) is 22.4. The van der Waals surface area contributed by atoms with E-state index in [-0.39, 0.29) is 5.91 Å². The summed E-state index contributed by atoms with van der Waals surface area (Å²) in [7, 11) is 0. The molecule has 0 unspecified atom stereocenters. The first-order chi connectivity index (χ1) is 14.9. The number of anilines is 1. The summed E-state index contributed by atoms with van der Waals surface area (Å²) in [5, 5.41) is 35.3. The molecular formula is C19H28N6O6. The van der Waals surface area contributed by atoms with Crippen LogP contribution in [0.15, 0.2) is 24.3 Å². The third kappa shape index (κ3) is 5.54. The number of ether oxygens (including phenoxy) is 2. The molecule has 2 aromatic heterocycles. The van der Waals surface area contributed by atoms with E-state index in [4.69, 9.17) is 9.47 Å². The maximum absolute atomic E-state index is 11.5. The lowest BCUT2D eigenvalue weighted by atomic mass is 10.1. The molecule has 31 heavy (non-hydrogen) atoms. The summed E-state index contributed by atoms with van der Waals surface area (Å²) in [6, 6.07) is 0. The summed E-state index contributed by atoms with van der Waals surface area (Å²) in [4.78, 5) is 24.2. The minimum absolute atomic E-state index is 0.144. The molecule has 0 saturated carbocycles. The van der Waals surface area contributed by atoms with Crippen LogP contribution >= 0.6 is 0 Å². The minimum Gasteiger partial charge on any atom is -0.394 e. The highest BCUT2D eigenvalue weighted by atomic mass is 16.6. The number of allylic oxidation sites excluding steroid dienone is 1. The van der Waals surface area contributed by atoms with E-state index in [0.29, 0.717) is 43.3 Å². The van der Waals surface area contributed by atoms with Crippen molar-refractivity contribution >= 4 is 22.9 Å². The van der Waals surface area contributed by atoms with Crippen molar-refractivity contribution in [1.82, 2.24) is 24.8 Å². The zero-order valence-corrected chi connectivity index (χ0v) is 17.4. The summed E-state index contributed by atoms with van der Waals surface area (Å²) in [6.45, 7) is 4.92. The number of imidazole rings is 1. The van der Waals surface area contributed by atoms with Crippen LogP contribution in [0.25, 0.3) is 11.2 Å². The lowest BCUT2D eigenvalue weighted by Crippen LogP contribution is -2.33. The van der Waals surface area contributed by atoms with Crippen LogP contribution in [0.1, 0.15) is 20.1 Å². The van der Waals surface area contributed by atoms with Crippen LogP contribution in [0, 0.1) is 0 Å². The van der Waals surface area contributed by atoms with Gasteiger partial charge in [-0.05, 0) is 13.8 Å². The van der Waals surface area contributed by atoms with Crippen LogP contribution in [0.5, 0.6) is 0 Å². The van der Waals surface area contributed by atoms with Gasteiger partial charge in [0.05, 0.1) is 26.1 Å². The molecule has 0 radical (unpaired) electrons. The second-order valence-corrected chi connectivity index (χ2v) is 7.33. The van der Waals surface area contributed by atoms with Gasteiger partial charge in [0, 0.05) is 19.2 Å². The molecule has 0 bridgehead atoms. The number of hydrogen-bond donors (Lipinski definition) is 5. The number of rotatable bonds is 10. The Morgan fingerprint density at radius 3 is 2.71 bits per heavy atom. The fourth-order valence-electron chi connectivity index (χ4n) is 3.18. The molecule has 1 aliphatic heterocycles. The Hall–Kier alpha value is -2.64. The number of nitrogens with one attached hydrogen (secondary N) is 2. The number of nitrogens with zero attached hydrogens (tertiary/aromatic N) is 4. The molecule has 0 aliphatic carbocycles. The molecule has 1 aliphatic rings. The summed E-state index contributed by atoms with van der Waals surface area (Å²) >= 11 is 0. The van der Waals surface area contributed by atoms with Gasteiger partial charge in [-0.1, -0.05) is 5.57 Å². The van der Waals surface area contributed by atoms with E-state index in [1.165, 1.54) is 23.3 Å². The van der Waals surface area contributed by atoms with Gasteiger partial charge in [-0.2, -0.15) is 0 Å². The first-order valence-electron chi connectivity index (χ1n) is 9.96. The Bertz CT molecular complexity index is 914. The number of fused-ring (bicyclic) bond motifs is 1. The average molecular weight is 436 g/mol. The average Bonchev–Trinajstić information content (AvgIpc) is 3.28. The van der Waals surface area contributed by atoms with Crippen molar-refractivity contribution in [3.05, 3.63) is 24.3 Å². The summed E-state index contributed by atoms with van der Waals surface area (Å²) < 4.78 is 12.5. The first kappa shape index (κ1) is 23.0. The highest BCUT2D eigenvalue weighted by molar-refractivity contribution is 5.88. The van der Waals surface area contributed by atoms with Crippen LogP contribution in [0.2, 0.25) is 0 Å². The number of carbonyl (C=O) groups excluding carboxylic acids is 1. The number of aromatic nitrogens is 4. The molecule has 2 aromatic rings. The minimum atomic E-state index is -1.23. The zero-order valence-electron chi connectivity index (χ0n) is 17.4. The van der Waals surface area contributed by atoms with Crippen molar-refractivity contribution in [1.29, 1.82) is 0 Å². The van der Waals surface area contributed by atoms with Gasteiger partial charge in [-0.25, -0.2) is 15.0 Å². The standard InChI is InChI=1S/C19H28N6O6/c1-11(2)7-13(27)20-3-5-30-6-4-21-17-14-18(23-9-22-17)25(10-24-14)19-16(29)15(28)12(8-26)31-19/h7,9-10,12,15-16,19,26,28-29H,3-6,8H2,1-2H3,(H,20,27)(H,21,22,23)/t12-,15-,16-,19-/m1/s1. The molecule has 0 aromatic carbocycles. The molecule has 12 heteroatoms. The van der Waals surface area contributed by atoms with Crippen LogP contribution in [-0.2, 0) is 14.3 Å². The van der Waals surface area contributed by atoms with Gasteiger partial charge in [-0.3, -0.25) is 9.36 Å². The Morgan fingerprint density at radius 1 is 1.23 bits per heavy atom. The van der Waals surface area contributed by atoms with Crippen LogP contribution in [0.3, 0.4) is 0 Å². The topological polar surface area (TPSA) is 164 Å². The van der Waals surface area contributed by atoms with E-state index in [1.54, 1.807) is 0 Å². The normalized spacial score (nSPS) is 23.1. The summed E-state index contributed by atoms with van der Waals surface area (Å²) in [5.41, 5.74) is 1.81. The van der Waals surface area contributed by atoms with E-state index in [0.717, 1.165) is 5.57 Å². The van der Waals surface area contributed by atoms with Gasteiger partial charge >= 0.3 is 0 Å². The molecule has 3 rings (SSSR count). The van der Waals surface area contributed by atoms with Crippen molar-refractivity contribution in [2.24, 2.45) is 0 Å². The van der Waals surface area contributed by atoms with Crippen molar-refractivity contribution in [3.63, 3.8) is 0 Å². The Labute approximate surface area is 178 Å². The number of hydrogen-bond acceptors (Lipinski definition) is 10. The van der Waals surface area contributed by atoms with Crippen molar-refractivity contribution < 1.29 is 29.6 Å². The Balaban J connectivity index is 1.52. The number of aliphatic hydroxyl groups is 3. The number of carbonyl (C=O) groups is 1. The monoisotopic (exact) mass is 436 g/mol. The highest BCUT2D eigenvalue weighted by Gasteiger charge is 2.44. The Morgan fingerprint density at radius 2 is 2.00 bits per heavy atom. The quantitative estimate of drug-likeness (QED) is 0.229. The fraction of sp³-hybridized carbons (Fsp3) is 0.579. The largest absolute Gasteiger partial charge is 0.394 e. The second kappa shape index (κ2) is 10.6. The number of amides is 1. The fourth-order valence-corrected chi connectivity index (χ4v) is 3.18. The van der Waals surface area contributed by atoms with Gasteiger partial charge in [0.15, 0.2) is 23.2 Å². The predicted octanol–water partition coefficient (Wildman–Crippen LogP) is -1.05. The van der Waals surface area contributed by atoms with Crippen LogP contribution in [-0.4, -0.2) is 92.0 Å². The maximum atomic E-state index is 11.5. The molecule has 12 nitrogen and oxygen atoms in total. The van der Waals surface area contributed by atoms with Gasteiger partial charge in [0.1, 0.15) is 24.6 Å². The predicted molar refractivity (Wildman–Crippen MR) is 110 cm³/mol. The van der Waals surface area contributed by atoms with Crippen molar-refractivity contribution in [2.45, 2.75) is 38.4 Å². The lowest BCUT2D eigenvalue weighted by Gasteiger charge is -2.16. The molecule has 1 amide bonds. The van der Waals surface area contributed by atoms with E-state index < -0.39 is 31.1 Å².